The average molecular weight is 449 g/mol. The Morgan fingerprint density at radius 2 is 1.81 bits per heavy atom. The van der Waals surface area contributed by atoms with Crippen LogP contribution < -0.4 is 14.8 Å². The Kier molecular flexibility index (Phi) is 6.66. The van der Waals surface area contributed by atoms with E-state index in [0.29, 0.717) is 17.3 Å². The fraction of sp³-hybridized carbons (Fsp3) is 0.192. The molecule has 6 heteroatoms. The second kappa shape index (κ2) is 9.79. The standard InChI is InChI=1S/C26H25ClN2O3/c1-17-13-20(11-12-24(17)27)32-16-26(30)29-14-22(18-7-9-19(31-2)10-8-18)23-15-28-25-6-4-3-5-21(23)25/h3-13,15,22,28H,14,16H2,1-2H3,(H,29,30). The summed E-state index contributed by atoms with van der Waals surface area (Å²) in [5.74, 6) is 1.20. The number of H-pyrrole nitrogens is 1. The number of hydrogen-bond acceptors (Lipinski definition) is 3. The van der Waals surface area contributed by atoms with Crippen molar-refractivity contribution >= 4 is 28.4 Å². The van der Waals surface area contributed by atoms with Crippen molar-refractivity contribution in [2.24, 2.45) is 0 Å². The van der Waals surface area contributed by atoms with Gasteiger partial charge in [-0.25, -0.2) is 0 Å². The molecule has 164 valence electrons. The molecule has 1 aromatic heterocycles. The van der Waals surface area contributed by atoms with E-state index in [1.807, 2.05) is 61.7 Å². The lowest BCUT2D eigenvalue weighted by atomic mass is 9.91. The number of amides is 1. The molecule has 0 fully saturated rings. The highest BCUT2D eigenvalue weighted by molar-refractivity contribution is 6.31. The number of aromatic amines is 1. The first kappa shape index (κ1) is 21.8. The van der Waals surface area contributed by atoms with Crippen molar-refractivity contribution < 1.29 is 14.3 Å². The summed E-state index contributed by atoms with van der Waals surface area (Å²) in [7, 11) is 1.65. The largest absolute Gasteiger partial charge is 0.497 e. The lowest BCUT2D eigenvalue weighted by Crippen LogP contribution is -2.32. The zero-order chi connectivity index (χ0) is 22.5. The van der Waals surface area contributed by atoms with Crippen LogP contribution in [0.15, 0.2) is 72.9 Å². The topological polar surface area (TPSA) is 63.4 Å². The number of aromatic nitrogens is 1. The van der Waals surface area contributed by atoms with E-state index in [-0.39, 0.29) is 18.4 Å². The number of para-hydroxylation sites is 1. The van der Waals surface area contributed by atoms with E-state index in [1.165, 1.54) is 0 Å². The van der Waals surface area contributed by atoms with Crippen molar-refractivity contribution in [2.75, 3.05) is 20.3 Å². The van der Waals surface area contributed by atoms with Gasteiger partial charge in [0.2, 0.25) is 0 Å². The molecule has 0 saturated carbocycles. The quantitative estimate of drug-likeness (QED) is 0.376. The third-order valence-electron chi connectivity index (χ3n) is 5.52. The number of fused-ring (bicyclic) bond motifs is 1. The third kappa shape index (κ3) is 4.89. The van der Waals surface area contributed by atoms with E-state index >= 15 is 0 Å². The molecule has 32 heavy (non-hydrogen) atoms. The second-order valence-electron chi connectivity index (χ2n) is 7.62. The summed E-state index contributed by atoms with van der Waals surface area (Å²) in [6, 6.07) is 21.4. The monoisotopic (exact) mass is 448 g/mol. The number of nitrogens with one attached hydrogen (secondary N) is 2. The van der Waals surface area contributed by atoms with Gasteiger partial charge in [-0.1, -0.05) is 41.9 Å². The summed E-state index contributed by atoms with van der Waals surface area (Å²) in [6.45, 7) is 2.27. The van der Waals surface area contributed by atoms with Crippen molar-refractivity contribution in [3.63, 3.8) is 0 Å². The first-order valence-electron chi connectivity index (χ1n) is 10.4. The lowest BCUT2D eigenvalue weighted by Gasteiger charge is -2.19. The van der Waals surface area contributed by atoms with Gasteiger partial charge in [-0.15, -0.1) is 0 Å². The number of aryl methyl sites for hydroxylation is 1. The molecule has 0 aliphatic heterocycles. The van der Waals surface area contributed by atoms with Gasteiger partial charge in [0.1, 0.15) is 11.5 Å². The maximum Gasteiger partial charge on any atom is 0.257 e. The van der Waals surface area contributed by atoms with Crippen molar-refractivity contribution in [3.8, 4) is 11.5 Å². The highest BCUT2D eigenvalue weighted by Crippen LogP contribution is 2.31. The van der Waals surface area contributed by atoms with E-state index < -0.39 is 0 Å². The molecular weight excluding hydrogens is 424 g/mol. The predicted molar refractivity (Wildman–Crippen MR) is 128 cm³/mol. The minimum atomic E-state index is -0.184. The fourth-order valence-electron chi connectivity index (χ4n) is 3.75. The molecule has 0 saturated heterocycles. The van der Waals surface area contributed by atoms with Gasteiger partial charge in [-0.05, 0) is 60.0 Å². The number of hydrogen-bond donors (Lipinski definition) is 2. The molecule has 0 aliphatic rings. The minimum absolute atomic E-state index is 0.0289. The first-order chi connectivity index (χ1) is 15.5. The van der Waals surface area contributed by atoms with Crippen LogP contribution in [0.4, 0.5) is 0 Å². The maximum absolute atomic E-state index is 12.5. The van der Waals surface area contributed by atoms with Crippen LogP contribution >= 0.6 is 11.6 Å². The number of rotatable bonds is 8. The molecule has 4 rings (SSSR count). The average Bonchev–Trinajstić information content (AvgIpc) is 3.24. The Hall–Kier alpha value is -3.44. The number of benzene rings is 3. The molecule has 0 bridgehead atoms. The van der Waals surface area contributed by atoms with Crippen molar-refractivity contribution in [1.29, 1.82) is 0 Å². The molecule has 1 unspecified atom stereocenters. The normalized spacial score (nSPS) is 11.8. The van der Waals surface area contributed by atoms with E-state index in [2.05, 4.69) is 16.4 Å². The van der Waals surface area contributed by atoms with Crippen molar-refractivity contribution in [1.82, 2.24) is 10.3 Å². The zero-order valence-electron chi connectivity index (χ0n) is 18.0. The number of methoxy groups -OCH3 is 1. The van der Waals surface area contributed by atoms with Gasteiger partial charge in [-0.2, -0.15) is 0 Å². The first-order valence-corrected chi connectivity index (χ1v) is 10.8. The molecule has 3 aromatic carbocycles. The van der Waals surface area contributed by atoms with Gasteiger partial charge < -0.3 is 19.8 Å². The Balaban J connectivity index is 1.50. The molecule has 1 heterocycles. The molecule has 0 radical (unpaired) electrons. The van der Waals surface area contributed by atoms with Gasteiger partial charge in [0.05, 0.1) is 7.11 Å². The number of ether oxygens (including phenoxy) is 2. The number of carbonyl (C=O) groups excluding carboxylic acids is 1. The minimum Gasteiger partial charge on any atom is -0.497 e. The molecule has 0 spiro atoms. The van der Waals surface area contributed by atoms with Crippen LogP contribution in [0.1, 0.15) is 22.6 Å². The molecule has 1 atom stereocenters. The Morgan fingerprint density at radius 3 is 2.56 bits per heavy atom. The third-order valence-corrected chi connectivity index (χ3v) is 5.94. The Morgan fingerprint density at radius 1 is 1.06 bits per heavy atom. The van der Waals surface area contributed by atoms with Crippen molar-refractivity contribution in [2.45, 2.75) is 12.8 Å². The van der Waals surface area contributed by atoms with E-state index in [9.17, 15) is 4.79 Å². The van der Waals surface area contributed by atoms with Crippen LogP contribution in [0, 0.1) is 6.92 Å². The number of carbonyl (C=O) groups is 1. The Labute approximate surface area is 192 Å². The highest BCUT2D eigenvalue weighted by Gasteiger charge is 2.19. The lowest BCUT2D eigenvalue weighted by molar-refractivity contribution is -0.123. The van der Waals surface area contributed by atoms with Crippen LogP contribution in [0.25, 0.3) is 10.9 Å². The smallest absolute Gasteiger partial charge is 0.257 e. The fourth-order valence-corrected chi connectivity index (χ4v) is 3.87. The summed E-state index contributed by atoms with van der Waals surface area (Å²) >= 11 is 6.05. The second-order valence-corrected chi connectivity index (χ2v) is 8.03. The van der Waals surface area contributed by atoms with Gasteiger partial charge >= 0.3 is 0 Å². The molecule has 2 N–H and O–H groups in total. The summed E-state index contributed by atoms with van der Waals surface area (Å²) < 4.78 is 10.9. The van der Waals surface area contributed by atoms with Crippen molar-refractivity contribution in [3.05, 3.63) is 94.6 Å². The summed E-state index contributed by atoms with van der Waals surface area (Å²) in [6.07, 6.45) is 2.01. The number of halogens is 1. The SMILES string of the molecule is COc1ccc(C(CNC(=O)COc2ccc(Cl)c(C)c2)c2c[nH]c3ccccc23)cc1. The van der Waals surface area contributed by atoms with E-state index in [1.54, 1.807) is 19.2 Å². The van der Waals surface area contributed by atoms with Crippen LogP contribution in [-0.4, -0.2) is 31.2 Å². The van der Waals surface area contributed by atoms with Gasteiger partial charge in [-0.3, -0.25) is 4.79 Å². The van der Waals surface area contributed by atoms with Gasteiger partial charge in [0.15, 0.2) is 6.61 Å². The highest BCUT2D eigenvalue weighted by atomic mass is 35.5. The van der Waals surface area contributed by atoms with E-state index in [4.69, 9.17) is 21.1 Å². The van der Waals surface area contributed by atoms with Gasteiger partial charge in [0, 0.05) is 34.6 Å². The maximum atomic E-state index is 12.5. The molecule has 4 aromatic rings. The van der Waals surface area contributed by atoms with Crippen LogP contribution in [0.2, 0.25) is 5.02 Å². The molecule has 1 amide bonds. The van der Waals surface area contributed by atoms with Gasteiger partial charge in [0.25, 0.3) is 5.91 Å². The summed E-state index contributed by atoms with van der Waals surface area (Å²) in [5, 5.41) is 4.83. The Bertz CT molecular complexity index is 1220. The summed E-state index contributed by atoms with van der Waals surface area (Å²) in [4.78, 5) is 15.9. The molecule has 5 nitrogen and oxygen atoms in total. The molecule has 0 aliphatic carbocycles. The van der Waals surface area contributed by atoms with Crippen LogP contribution in [-0.2, 0) is 4.79 Å². The predicted octanol–water partition coefficient (Wildman–Crippen LogP) is 5.47. The van der Waals surface area contributed by atoms with E-state index in [0.717, 1.165) is 33.3 Å². The molecular formula is C26H25ClN2O3. The summed E-state index contributed by atoms with van der Waals surface area (Å²) in [5.41, 5.74) is 4.18. The van der Waals surface area contributed by atoms with Crippen LogP contribution in [0.3, 0.4) is 0 Å². The van der Waals surface area contributed by atoms with Crippen LogP contribution in [0.5, 0.6) is 11.5 Å². The zero-order valence-corrected chi connectivity index (χ0v) is 18.8.